The fraction of sp³-hybridized carbons (Fsp3) is 0.600. The van der Waals surface area contributed by atoms with Gasteiger partial charge in [-0.15, -0.1) is 0 Å². The van der Waals surface area contributed by atoms with Gasteiger partial charge in [-0.05, 0) is 13.8 Å². The van der Waals surface area contributed by atoms with E-state index < -0.39 is 0 Å². The maximum atomic E-state index is 5.34. The van der Waals surface area contributed by atoms with Gasteiger partial charge in [0.1, 0.15) is 0 Å². The maximum absolute atomic E-state index is 5.34. The van der Waals surface area contributed by atoms with Gasteiger partial charge in [0.25, 0.3) is 0 Å². The van der Waals surface area contributed by atoms with E-state index in [0.717, 1.165) is 0 Å². The van der Waals surface area contributed by atoms with Gasteiger partial charge in [-0.25, -0.2) is 11.3 Å². The highest BCUT2D eigenvalue weighted by Crippen LogP contribution is 1.77. The summed E-state index contributed by atoms with van der Waals surface area (Å²) in [5.41, 5.74) is 7.95. The normalized spacial score (nSPS) is 11.1. The number of rotatable bonds is 3. The van der Waals surface area contributed by atoms with Crippen LogP contribution in [0.2, 0.25) is 0 Å². The van der Waals surface area contributed by atoms with E-state index in [0.29, 0.717) is 6.04 Å². The minimum atomic E-state index is 0.325. The molecule has 0 aliphatic rings. The van der Waals surface area contributed by atoms with Crippen LogP contribution in [0.5, 0.6) is 0 Å². The van der Waals surface area contributed by atoms with E-state index in [-0.39, 0.29) is 0 Å². The third kappa shape index (κ3) is 5.13. The zero-order valence-corrected chi connectivity index (χ0v) is 5.83. The van der Waals surface area contributed by atoms with Crippen LogP contribution >= 0.6 is 0 Å². The summed E-state index contributed by atoms with van der Waals surface area (Å²) >= 11 is 0. The first-order valence-electron chi connectivity index (χ1n) is 2.85. The van der Waals surface area contributed by atoms with Crippen molar-refractivity contribution in [3.63, 3.8) is 0 Å². The summed E-state index contributed by atoms with van der Waals surface area (Å²) in [6.45, 7) is 3.98. The van der Waals surface area contributed by atoms with Gasteiger partial charge in [-0.2, -0.15) is 0 Å². The Balaban J connectivity index is 3.38. The third-order valence-corrected chi connectivity index (χ3v) is 0.654. The quantitative estimate of drug-likeness (QED) is 0.356. The van der Waals surface area contributed by atoms with Crippen molar-refractivity contribution in [3.05, 3.63) is 12.4 Å². The maximum Gasteiger partial charge on any atom is 0.0493 e. The lowest BCUT2D eigenvalue weighted by Crippen LogP contribution is -2.43. The molecule has 0 bridgehead atoms. The zero-order valence-electron chi connectivity index (χ0n) is 5.83. The summed E-state index contributed by atoms with van der Waals surface area (Å²) in [6, 6.07) is 0.325. The van der Waals surface area contributed by atoms with Gasteiger partial charge in [0.15, 0.2) is 0 Å². The lowest BCUT2D eigenvalue weighted by Gasteiger charge is -2.16. The Hall–Kier alpha value is -0.740. The molecule has 54 valence electrons. The van der Waals surface area contributed by atoms with Crippen LogP contribution in [0.25, 0.3) is 0 Å². The van der Waals surface area contributed by atoms with Crippen molar-refractivity contribution >= 4 is 0 Å². The monoisotopic (exact) mass is 130 g/mol. The van der Waals surface area contributed by atoms with Crippen molar-refractivity contribution in [2.45, 2.75) is 19.9 Å². The minimum Gasteiger partial charge on any atom is -0.403 e. The molecule has 0 atom stereocenters. The van der Waals surface area contributed by atoms with Gasteiger partial charge >= 0.3 is 0 Å². The number of hydrazine groups is 2. The highest BCUT2D eigenvalue weighted by atomic mass is 15.7. The number of hydrogen-bond donors (Lipinski definition) is 3. The Morgan fingerprint density at radius 3 is 2.44 bits per heavy atom. The first-order chi connectivity index (χ1) is 4.16. The molecule has 0 saturated carbocycles. The van der Waals surface area contributed by atoms with Crippen LogP contribution in [-0.4, -0.2) is 11.2 Å². The molecule has 0 fully saturated rings. The molecule has 0 aliphatic carbocycles. The molecule has 0 aliphatic heterocycles. The first kappa shape index (κ1) is 8.26. The number of nitrogens with two attached hydrogens (primary N) is 2. The highest BCUT2D eigenvalue weighted by Gasteiger charge is 1.91. The number of hydrogen-bond acceptors (Lipinski definition) is 4. The Labute approximate surface area is 55.4 Å². The smallest absolute Gasteiger partial charge is 0.0493 e. The summed E-state index contributed by atoms with van der Waals surface area (Å²) < 4.78 is 0. The molecule has 4 heteroatoms. The summed E-state index contributed by atoms with van der Waals surface area (Å²) in [7, 11) is 0. The Bertz CT molecular complexity index is 89.0. The van der Waals surface area contributed by atoms with Crippen molar-refractivity contribution in [2.24, 2.45) is 11.6 Å². The standard InChI is InChI=1S/C5H14N4/c1-5(2)8-9(7)4-3-6/h3-5,8H,6-7H2,1-2H3/b4-3-. The summed E-state index contributed by atoms with van der Waals surface area (Å²) in [5, 5.41) is 1.32. The second-order valence-electron chi connectivity index (χ2n) is 2.03. The lowest BCUT2D eigenvalue weighted by atomic mass is 10.4. The molecular weight excluding hydrogens is 116 g/mol. The molecule has 0 rings (SSSR count). The minimum absolute atomic E-state index is 0.325. The predicted octanol–water partition coefficient (Wildman–Crippen LogP) is -0.495. The van der Waals surface area contributed by atoms with Gasteiger partial charge < -0.3 is 5.73 Å². The van der Waals surface area contributed by atoms with Crippen molar-refractivity contribution in [3.8, 4) is 0 Å². The van der Waals surface area contributed by atoms with Crippen LogP contribution in [0.15, 0.2) is 12.4 Å². The van der Waals surface area contributed by atoms with Crippen molar-refractivity contribution in [1.29, 1.82) is 0 Å². The number of nitrogens with zero attached hydrogens (tertiary/aromatic N) is 1. The molecule has 0 heterocycles. The molecule has 0 spiro atoms. The van der Waals surface area contributed by atoms with Crippen molar-refractivity contribution in [2.75, 3.05) is 0 Å². The van der Waals surface area contributed by atoms with Crippen LogP contribution in [0.4, 0.5) is 0 Å². The summed E-state index contributed by atoms with van der Waals surface area (Å²) in [5.74, 6) is 5.34. The summed E-state index contributed by atoms with van der Waals surface area (Å²) in [4.78, 5) is 0. The molecule has 4 nitrogen and oxygen atoms in total. The molecule has 0 saturated heterocycles. The lowest BCUT2D eigenvalue weighted by molar-refractivity contribution is 0.249. The molecule has 0 aromatic carbocycles. The molecular formula is C5H14N4. The fourth-order valence-corrected chi connectivity index (χ4v) is 0.434. The summed E-state index contributed by atoms with van der Waals surface area (Å²) in [6.07, 6.45) is 2.91. The van der Waals surface area contributed by atoms with Crippen LogP contribution in [0.3, 0.4) is 0 Å². The van der Waals surface area contributed by atoms with Gasteiger partial charge in [-0.3, -0.25) is 5.12 Å². The van der Waals surface area contributed by atoms with E-state index in [2.05, 4.69) is 5.43 Å². The average molecular weight is 130 g/mol. The molecule has 0 aromatic heterocycles. The molecule has 5 N–H and O–H groups in total. The van der Waals surface area contributed by atoms with E-state index in [1.54, 1.807) is 6.20 Å². The van der Waals surface area contributed by atoms with E-state index in [1.807, 2.05) is 13.8 Å². The van der Waals surface area contributed by atoms with Crippen molar-refractivity contribution in [1.82, 2.24) is 10.5 Å². The second kappa shape index (κ2) is 4.17. The van der Waals surface area contributed by atoms with Gasteiger partial charge in [0.2, 0.25) is 0 Å². The van der Waals surface area contributed by atoms with E-state index in [9.17, 15) is 0 Å². The van der Waals surface area contributed by atoms with Crippen molar-refractivity contribution < 1.29 is 0 Å². The topological polar surface area (TPSA) is 67.3 Å². The SMILES string of the molecule is CC(C)NN(N)/C=C\N. The Morgan fingerprint density at radius 1 is 1.56 bits per heavy atom. The molecule has 0 aromatic rings. The van der Waals surface area contributed by atoms with Crippen LogP contribution < -0.4 is 17.0 Å². The molecule has 0 amide bonds. The largest absolute Gasteiger partial charge is 0.403 e. The second-order valence-corrected chi connectivity index (χ2v) is 2.03. The zero-order chi connectivity index (χ0) is 7.28. The van der Waals surface area contributed by atoms with E-state index >= 15 is 0 Å². The average Bonchev–Trinajstić information content (AvgIpc) is 1.63. The first-order valence-corrected chi connectivity index (χ1v) is 2.85. The highest BCUT2D eigenvalue weighted by molar-refractivity contribution is 4.71. The third-order valence-electron chi connectivity index (χ3n) is 0.654. The van der Waals surface area contributed by atoms with Gasteiger partial charge in [-0.1, -0.05) is 0 Å². The predicted molar refractivity (Wildman–Crippen MR) is 37.6 cm³/mol. The van der Waals surface area contributed by atoms with Crippen LogP contribution in [-0.2, 0) is 0 Å². The van der Waals surface area contributed by atoms with Gasteiger partial charge in [0, 0.05) is 18.4 Å². The molecule has 0 unspecified atom stereocenters. The number of nitrogens with one attached hydrogen (secondary N) is 1. The van der Waals surface area contributed by atoms with Crippen LogP contribution in [0.1, 0.15) is 13.8 Å². The Morgan fingerprint density at radius 2 is 2.11 bits per heavy atom. The van der Waals surface area contributed by atoms with Gasteiger partial charge in [0.05, 0.1) is 0 Å². The molecule has 9 heavy (non-hydrogen) atoms. The Kier molecular flexibility index (Phi) is 3.83. The fourth-order valence-electron chi connectivity index (χ4n) is 0.434. The van der Waals surface area contributed by atoms with Crippen LogP contribution in [0, 0.1) is 0 Å². The molecule has 0 radical (unpaired) electrons. The van der Waals surface area contributed by atoms with E-state index in [4.69, 9.17) is 11.6 Å². The van der Waals surface area contributed by atoms with E-state index in [1.165, 1.54) is 11.3 Å².